The van der Waals surface area contributed by atoms with E-state index in [1.165, 1.54) is 12.8 Å². The van der Waals surface area contributed by atoms with Gasteiger partial charge in [-0.1, -0.05) is 19.1 Å². The number of allylic oxidation sites excluding steroid dienone is 1. The average Bonchev–Trinajstić information content (AvgIpc) is 2.71. The van der Waals surface area contributed by atoms with Gasteiger partial charge in [-0.25, -0.2) is 0 Å². The Labute approximate surface area is 87.7 Å². The van der Waals surface area contributed by atoms with Gasteiger partial charge in [0.1, 0.15) is 0 Å². The Morgan fingerprint density at radius 3 is 3.00 bits per heavy atom. The minimum atomic E-state index is 0.655. The Balaban J connectivity index is 2.17. The molecule has 1 fully saturated rings. The Kier molecular flexibility index (Phi) is 5.88. The molecule has 0 aliphatic carbocycles. The van der Waals surface area contributed by atoms with Crippen LogP contribution in [0.4, 0.5) is 0 Å². The molecule has 1 rings (SSSR count). The normalized spacial score (nSPS) is 24.6. The second-order valence-corrected chi connectivity index (χ2v) is 3.95. The molecule has 0 saturated carbocycles. The molecule has 82 valence electrons. The van der Waals surface area contributed by atoms with Gasteiger partial charge in [-0.2, -0.15) is 0 Å². The summed E-state index contributed by atoms with van der Waals surface area (Å²) in [6.07, 6.45) is 7.91. The number of nitrogens with one attached hydrogen (secondary N) is 1. The van der Waals surface area contributed by atoms with E-state index >= 15 is 0 Å². The third kappa shape index (κ3) is 3.81. The van der Waals surface area contributed by atoms with E-state index in [0.29, 0.717) is 6.04 Å². The standard InChI is InChI=1S/C12H23NO/c1-3-5-6-8-13-12(4-2)11-7-9-14-10-11/h3,5,11-13H,4,6-10H2,1-2H3/b5-3+. The first-order chi connectivity index (χ1) is 6.88. The molecule has 2 nitrogen and oxygen atoms in total. The third-order valence-electron chi connectivity index (χ3n) is 2.93. The van der Waals surface area contributed by atoms with Crippen molar-refractivity contribution in [2.75, 3.05) is 19.8 Å². The van der Waals surface area contributed by atoms with Crippen LogP contribution in [0.25, 0.3) is 0 Å². The van der Waals surface area contributed by atoms with Gasteiger partial charge in [0.05, 0.1) is 6.61 Å². The minimum Gasteiger partial charge on any atom is -0.381 e. The second-order valence-electron chi connectivity index (χ2n) is 3.95. The van der Waals surface area contributed by atoms with Crippen molar-refractivity contribution >= 4 is 0 Å². The predicted octanol–water partition coefficient (Wildman–Crippen LogP) is 2.36. The zero-order valence-electron chi connectivity index (χ0n) is 9.46. The minimum absolute atomic E-state index is 0.655. The molecule has 0 amide bonds. The third-order valence-corrected chi connectivity index (χ3v) is 2.93. The van der Waals surface area contributed by atoms with Gasteiger partial charge in [0.15, 0.2) is 0 Å². The van der Waals surface area contributed by atoms with Gasteiger partial charge in [-0.05, 0) is 38.6 Å². The van der Waals surface area contributed by atoms with Crippen LogP contribution < -0.4 is 5.32 Å². The highest BCUT2D eigenvalue weighted by Gasteiger charge is 2.23. The van der Waals surface area contributed by atoms with E-state index in [-0.39, 0.29) is 0 Å². The highest BCUT2D eigenvalue weighted by molar-refractivity contribution is 4.81. The summed E-state index contributed by atoms with van der Waals surface area (Å²) in [6, 6.07) is 0.655. The molecule has 14 heavy (non-hydrogen) atoms. The fourth-order valence-corrected chi connectivity index (χ4v) is 2.03. The highest BCUT2D eigenvalue weighted by Crippen LogP contribution is 2.18. The summed E-state index contributed by atoms with van der Waals surface area (Å²) in [5, 5.41) is 3.61. The van der Waals surface area contributed by atoms with E-state index in [1.807, 2.05) is 0 Å². The molecule has 0 aromatic rings. The van der Waals surface area contributed by atoms with Gasteiger partial charge in [0.2, 0.25) is 0 Å². The van der Waals surface area contributed by atoms with Crippen LogP contribution in [0.15, 0.2) is 12.2 Å². The zero-order valence-corrected chi connectivity index (χ0v) is 9.46. The first kappa shape index (κ1) is 11.7. The lowest BCUT2D eigenvalue weighted by molar-refractivity contribution is 0.176. The van der Waals surface area contributed by atoms with Crippen LogP contribution in [-0.2, 0) is 4.74 Å². The lowest BCUT2D eigenvalue weighted by Crippen LogP contribution is -2.36. The summed E-state index contributed by atoms with van der Waals surface area (Å²) < 4.78 is 5.41. The lowest BCUT2D eigenvalue weighted by Gasteiger charge is -2.21. The summed E-state index contributed by atoms with van der Waals surface area (Å²) in [5.41, 5.74) is 0. The van der Waals surface area contributed by atoms with Gasteiger partial charge in [-0.3, -0.25) is 0 Å². The number of hydrogen-bond donors (Lipinski definition) is 1. The average molecular weight is 197 g/mol. The molecule has 2 atom stereocenters. The van der Waals surface area contributed by atoms with Crippen molar-refractivity contribution in [2.24, 2.45) is 5.92 Å². The van der Waals surface area contributed by atoms with Gasteiger partial charge in [0.25, 0.3) is 0 Å². The maximum absolute atomic E-state index is 5.41. The van der Waals surface area contributed by atoms with Crippen molar-refractivity contribution in [3.05, 3.63) is 12.2 Å². The smallest absolute Gasteiger partial charge is 0.0509 e. The Bertz CT molecular complexity index is 162. The molecule has 2 heteroatoms. The first-order valence-electron chi connectivity index (χ1n) is 5.80. The quantitative estimate of drug-likeness (QED) is 0.521. The molecule has 0 aromatic heterocycles. The van der Waals surface area contributed by atoms with Gasteiger partial charge >= 0.3 is 0 Å². The molecule has 1 heterocycles. The van der Waals surface area contributed by atoms with Crippen molar-refractivity contribution in [2.45, 2.75) is 39.2 Å². The van der Waals surface area contributed by atoms with Crippen molar-refractivity contribution in [1.82, 2.24) is 5.32 Å². The van der Waals surface area contributed by atoms with Crippen LogP contribution in [-0.4, -0.2) is 25.8 Å². The van der Waals surface area contributed by atoms with Gasteiger partial charge in [0, 0.05) is 12.6 Å². The second kappa shape index (κ2) is 7.02. The zero-order chi connectivity index (χ0) is 10.2. The monoisotopic (exact) mass is 197 g/mol. The molecule has 0 radical (unpaired) electrons. The first-order valence-corrected chi connectivity index (χ1v) is 5.80. The van der Waals surface area contributed by atoms with Crippen molar-refractivity contribution in [3.8, 4) is 0 Å². The molecule has 0 spiro atoms. The summed E-state index contributed by atoms with van der Waals surface area (Å²) in [7, 11) is 0. The lowest BCUT2D eigenvalue weighted by atomic mass is 9.97. The van der Waals surface area contributed by atoms with Crippen molar-refractivity contribution < 1.29 is 4.74 Å². The van der Waals surface area contributed by atoms with E-state index in [0.717, 1.165) is 32.1 Å². The largest absolute Gasteiger partial charge is 0.381 e. The van der Waals surface area contributed by atoms with E-state index in [2.05, 4.69) is 31.3 Å². The maximum atomic E-state index is 5.41. The van der Waals surface area contributed by atoms with Gasteiger partial charge in [-0.15, -0.1) is 0 Å². The summed E-state index contributed by atoms with van der Waals surface area (Å²) in [5.74, 6) is 0.741. The number of hydrogen-bond acceptors (Lipinski definition) is 2. The van der Waals surface area contributed by atoms with Gasteiger partial charge < -0.3 is 10.1 Å². The van der Waals surface area contributed by atoms with Crippen LogP contribution in [0.5, 0.6) is 0 Å². The fraction of sp³-hybridized carbons (Fsp3) is 0.833. The Hall–Kier alpha value is -0.340. The van der Waals surface area contributed by atoms with Crippen LogP contribution in [0.3, 0.4) is 0 Å². The van der Waals surface area contributed by atoms with Crippen molar-refractivity contribution in [1.29, 1.82) is 0 Å². The molecular formula is C12H23NO. The molecule has 1 N–H and O–H groups in total. The molecule has 0 bridgehead atoms. The van der Waals surface area contributed by atoms with E-state index in [4.69, 9.17) is 4.74 Å². The maximum Gasteiger partial charge on any atom is 0.0509 e. The molecule has 2 unspecified atom stereocenters. The predicted molar refractivity (Wildman–Crippen MR) is 60.4 cm³/mol. The molecule has 0 aromatic carbocycles. The van der Waals surface area contributed by atoms with E-state index in [9.17, 15) is 0 Å². The Morgan fingerprint density at radius 2 is 2.43 bits per heavy atom. The highest BCUT2D eigenvalue weighted by atomic mass is 16.5. The molecule has 1 saturated heterocycles. The summed E-state index contributed by atoms with van der Waals surface area (Å²) in [6.45, 7) is 7.33. The molecule has 1 aliphatic rings. The molecular weight excluding hydrogens is 174 g/mol. The van der Waals surface area contributed by atoms with Crippen LogP contribution in [0, 0.1) is 5.92 Å². The van der Waals surface area contributed by atoms with Crippen LogP contribution >= 0.6 is 0 Å². The Morgan fingerprint density at radius 1 is 1.57 bits per heavy atom. The summed E-state index contributed by atoms with van der Waals surface area (Å²) in [4.78, 5) is 0. The van der Waals surface area contributed by atoms with Crippen LogP contribution in [0.2, 0.25) is 0 Å². The SMILES string of the molecule is C/C=C/CCNC(CC)C1CCOC1. The van der Waals surface area contributed by atoms with Crippen molar-refractivity contribution in [3.63, 3.8) is 0 Å². The van der Waals surface area contributed by atoms with Crippen LogP contribution in [0.1, 0.15) is 33.1 Å². The van der Waals surface area contributed by atoms with E-state index in [1.54, 1.807) is 0 Å². The molecule has 1 aliphatic heterocycles. The fourth-order valence-electron chi connectivity index (χ4n) is 2.03. The van der Waals surface area contributed by atoms with E-state index < -0.39 is 0 Å². The number of rotatable bonds is 6. The summed E-state index contributed by atoms with van der Waals surface area (Å²) >= 11 is 0. The number of ether oxygens (including phenoxy) is 1. The topological polar surface area (TPSA) is 21.3 Å².